The Bertz CT molecular complexity index is 858. The van der Waals surface area contributed by atoms with E-state index < -0.39 is 6.09 Å². The minimum Gasteiger partial charge on any atom is -0.455 e. The number of carbonyl (C=O) groups excluding carboxylic acids is 2. The summed E-state index contributed by atoms with van der Waals surface area (Å²) in [6.45, 7) is 5.97. The Kier molecular flexibility index (Phi) is 8.98. The summed E-state index contributed by atoms with van der Waals surface area (Å²) >= 11 is 1.56. The number of rotatable bonds is 10. The summed E-state index contributed by atoms with van der Waals surface area (Å²) in [7, 11) is 1.74. The van der Waals surface area contributed by atoms with Gasteiger partial charge in [0, 0.05) is 18.3 Å². The Hall–Kier alpha value is -2.74. The number of hydrogen-bond acceptors (Lipinski definition) is 6. The maximum Gasteiger partial charge on any atom is 0.411 e. The SMILES string of the molecule is CCCC(c1cc(NC(=O)OCC)c(C)cc1Oc1ccc(SC)nc1)N(C)C=O. The zero-order chi connectivity index (χ0) is 22.1. The molecule has 0 aliphatic heterocycles. The van der Waals surface area contributed by atoms with Crippen LogP contribution in [0, 0.1) is 6.92 Å². The van der Waals surface area contributed by atoms with Crippen LogP contribution in [-0.2, 0) is 9.53 Å². The summed E-state index contributed by atoms with van der Waals surface area (Å²) in [4.78, 5) is 29.5. The number of nitrogens with one attached hydrogen (secondary N) is 1. The molecule has 30 heavy (non-hydrogen) atoms. The van der Waals surface area contributed by atoms with Crippen LogP contribution in [0.1, 0.15) is 43.9 Å². The van der Waals surface area contributed by atoms with Crippen LogP contribution < -0.4 is 10.1 Å². The van der Waals surface area contributed by atoms with E-state index in [4.69, 9.17) is 9.47 Å². The van der Waals surface area contributed by atoms with Gasteiger partial charge in [0.05, 0.1) is 23.9 Å². The van der Waals surface area contributed by atoms with Gasteiger partial charge in [-0.05, 0) is 56.4 Å². The molecule has 1 unspecified atom stereocenters. The van der Waals surface area contributed by atoms with E-state index in [0.29, 0.717) is 17.2 Å². The van der Waals surface area contributed by atoms with Crippen molar-refractivity contribution in [1.82, 2.24) is 9.88 Å². The maximum absolute atomic E-state index is 12.0. The fourth-order valence-electron chi connectivity index (χ4n) is 3.06. The Morgan fingerprint density at radius 1 is 1.33 bits per heavy atom. The van der Waals surface area contributed by atoms with Gasteiger partial charge >= 0.3 is 6.09 Å². The predicted molar refractivity (Wildman–Crippen MR) is 119 cm³/mol. The highest BCUT2D eigenvalue weighted by Gasteiger charge is 2.22. The first kappa shape index (κ1) is 23.5. The van der Waals surface area contributed by atoms with E-state index in [0.717, 1.165) is 35.4 Å². The quantitative estimate of drug-likeness (QED) is 0.401. The molecular weight excluding hydrogens is 402 g/mol. The lowest BCUT2D eigenvalue weighted by Crippen LogP contribution is -2.24. The minimum atomic E-state index is -0.521. The molecule has 0 fully saturated rings. The molecule has 8 heteroatoms. The summed E-state index contributed by atoms with van der Waals surface area (Å²) < 4.78 is 11.2. The van der Waals surface area contributed by atoms with Crippen LogP contribution in [0.3, 0.4) is 0 Å². The fourth-order valence-corrected chi connectivity index (χ4v) is 3.42. The lowest BCUT2D eigenvalue weighted by Gasteiger charge is -2.27. The summed E-state index contributed by atoms with van der Waals surface area (Å²) in [5.41, 5.74) is 2.24. The number of carbonyl (C=O) groups is 2. The van der Waals surface area contributed by atoms with E-state index in [-0.39, 0.29) is 12.6 Å². The molecule has 0 saturated carbocycles. The van der Waals surface area contributed by atoms with Crippen molar-refractivity contribution in [2.75, 3.05) is 25.2 Å². The standard InChI is InChI=1S/C22H29N3O4S/c1-6-8-19(25(4)14-26)17-12-18(24-22(27)28-7-2)15(3)11-20(17)29-16-9-10-21(30-5)23-13-16/h9-14,19H,6-8H2,1-5H3,(H,24,27). The first-order valence-electron chi connectivity index (χ1n) is 9.86. The zero-order valence-electron chi connectivity index (χ0n) is 18.1. The number of anilines is 1. The molecule has 1 heterocycles. The molecule has 0 saturated heterocycles. The molecule has 0 aliphatic rings. The molecule has 0 radical (unpaired) electrons. The minimum absolute atomic E-state index is 0.204. The number of nitrogens with zero attached hydrogens (tertiary/aromatic N) is 2. The molecule has 1 aromatic heterocycles. The molecule has 2 amide bonds. The molecule has 0 spiro atoms. The van der Waals surface area contributed by atoms with Crippen LogP contribution in [0.2, 0.25) is 0 Å². The number of ether oxygens (including phenoxy) is 2. The molecule has 2 aromatic rings. The molecular formula is C22H29N3O4S. The average Bonchev–Trinajstić information content (AvgIpc) is 2.74. The number of benzene rings is 1. The number of pyridine rings is 1. The molecule has 0 bridgehead atoms. The highest BCUT2D eigenvalue weighted by molar-refractivity contribution is 7.98. The summed E-state index contributed by atoms with van der Waals surface area (Å²) in [5, 5.41) is 3.67. The fraction of sp³-hybridized carbons (Fsp3) is 0.409. The number of aromatic nitrogens is 1. The maximum atomic E-state index is 12.0. The van der Waals surface area contributed by atoms with Gasteiger partial charge in [-0.25, -0.2) is 9.78 Å². The highest BCUT2D eigenvalue weighted by atomic mass is 32.2. The summed E-state index contributed by atoms with van der Waals surface area (Å²) in [6, 6.07) is 7.27. The van der Waals surface area contributed by atoms with Gasteiger partial charge in [0.1, 0.15) is 11.5 Å². The van der Waals surface area contributed by atoms with Gasteiger partial charge in [-0.1, -0.05) is 13.3 Å². The van der Waals surface area contributed by atoms with Crippen molar-refractivity contribution in [3.8, 4) is 11.5 Å². The molecule has 1 N–H and O–H groups in total. The topological polar surface area (TPSA) is 80.8 Å². The highest BCUT2D eigenvalue weighted by Crippen LogP contribution is 2.38. The Labute approximate surface area is 182 Å². The molecule has 1 aromatic carbocycles. The van der Waals surface area contributed by atoms with Gasteiger partial charge in [-0.2, -0.15) is 0 Å². The van der Waals surface area contributed by atoms with Gasteiger partial charge in [-0.15, -0.1) is 11.8 Å². The number of thioether (sulfide) groups is 1. The van der Waals surface area contributed by atoms with E-state index in [1.54, 1.807) is 36.8 Å². The Morgan fingerprint density at radius 2 is 2.10 bits per heavy atom. The van der Waals surface area contributed by atoms with Crippen LogP contribution in [0.5, 0.6) is 11.5 Å². The Morgan fingerprint density at radius 3 is 2.67 bits per heavy atom. The van der Waals surface area contributed by atoms with Gasteiger partial charge in [0.15, 0.2) is 0 Å². The van der Waals surface area contributed by atoms with Crippen molar-refractivity contribution in [1.29, 1.82) is 0 Å². The Balaban J connectivity index is 2.49. The van der Waals surface area contributed by atoms with Crippen molar-refractivity contribution in [3.05, 3.63) is 41.6 Å². The normalized spacial score (nSPS) is 11.5. The first-order chi connectivity index (χ1) is 14.4. The zero-order valence-corrected chi connectivity index (χ0v) is 18.9. The second-order valence-electron chi connectivity index (χ2n) is 6.76. The number of amides is 2. The van der Waals surface area contributed by atoms with Gasteiger partial charge in [0.2, 0.25) is 6.41 Å². The van der Waals surface area contributed by atoms with E-state index in [2.05, 4.69) is 17.2 Å². The second-order valence-corrected chi connectivity index (χ2v) is 7.59. The van der Waals surface area contributed by atoms with Crippen molar-refractivity contribution < 1.29 is 19.1 Å². The van der Waals surface area contributed by atoms with Crippen molar-refractivity contribution in [3.63, 3.8) is 0 Å². The molecule has 7 nitrogen and oxygen atoms in total. The molecule has 1 atom stereocenters. The molecule has 0 aliphatic carbocycles. The number of hydrogen-bond donors (Lipinski definition) is 1. The summed E-state index contributed by atoms with van der Waals surface area (Å²) in [6.07, 6.45) is 5.54. The van der Waals surface area contributed by atoms with Crippen LogP contribution in [-0.4, -0.2) is 42.3 Å². The second kappa shape index (κ2) is 11.4. The third-order valence-electron chi connectivity index (χ3n) is 4.59. The van der Waals surface area contributed by atoms with Crippen molar-refractivity contribution in [2.45, 2.75) is 44.7 Å². The lowest BCUT2D eigenvalue weighted by molar-refractivity contribution is -0.119. The van der Waals surface area contributed by atoms with Gasteiger partial charge in [-0.3, -0.25) is 10.1 Å². The lowest BCUT2D eigenvalue weighted by atomic mass is 9.97. The smallest absolute Gasteiger partial charge is 0.411 e. The van der Waals surface area contributed by atoms with Gasteiger partial charge in [0.25, 0.3) is 0 Å². The molecule has 2 rings (SSSR count). The van der Waals surface area contributed by atoms with E-state index in [1.807, 2.05) is 37.4 Å². The largest absolute Gasteiger partial charge is 0.455 e. The van der Waals surface area contributed by atoms with E-state index in [1.165, 1.54) is 0 Å². The van der Waals surface area contributed by atoms with Gasteiger partial charge < -0.3 is 14.4 Å². The third kappa shape index (κ3) is 6.13. The molecule has 162 valence electrons. The van der Waals surface area contributed by atoms with Crippen molar-refractivity contribution >= 4 is 30.0 Å². The van der Waals surface area contributed by atoms with Crippen molar-refractivity contribution in [2.24, 2.45) is 0 Å². The average molecular weight is 432 g/mol. The van der Waals surface area contributed by atoms with Crippen LogP contribution in [0.15, 0.2) is 35.5 Å². The van der Waals surface area contributed by atoms with Crippen LogP contribution in [0.25, 0.3) is 0 Å². The van der Waals surface area contributed by atoms with Crippen LogP contribution in [0.4, 0.5) is 10.5 Å². The summed E-state index contributed by atoms with van der Waals surface area (Å²) in [5.74, 6) is 1.22. The first-order valence-corrected chi connectivity index (χ1v) is 11.1. The van der Waals surface area contributed by atoms with E-state index in [9.17, 15) is 9.59 Å². The third-order valence-corrected chi connectivity index (χ3v) is 5.25. The number of aryl methyl sites for hydroxylation is 1. The van der Waals surface area contributed by atoms with Crippen LogP contribution >= 0.6 is 11.8 Å². The van der Waals surface area contributed by atoms with E-state index >= 15 is 0 Å². The monoisotopic (exact) mass is 431 g/mol. The predicted octanol–water partition coefficient (Wildman–Crippen LogP) is 5.40.